The molecule has 0 fully saturated rings. The van der Waals surface area contributed by atoms with Gasteiger partial charge >= 0.3 is 5.69 Å². The molecule has 9 heteroatoms. The van der Waals surface area contributed by atoms with Crippen LogP contribution in [0, 0.1) is 11.3 Å². The summed E-state index contributed by atoms with van der Waals surface area (Å²) in [4.78, 5) is 17.5. The summed E-state index contributed by atoms with van der Waals surface area (Å²) in [5.74, 6) is 1.23. The first-order valence-corrected chi connectivity index (χ1v) is 18.1. The maximum atomic E-state index is 14.9. The van der Waals surface area contributed by atoms with E-state index in [9.17, 15) is 10.1 Å². The Morgan fingerprint density at radius 1 is 0.792 bits per heavy atom. The molecule has 2 aliphatic rings. The number of para-hydroxylation sites is 2. The molecule has 0 N–H and O–H groups in total. The Balaban J connectivity index is 1.20. The normalized spacial score (nSPS) is 17.0. The number of aryl methyl sites for hydroxylation is 1. The van der Waals surface area contributed by atoms with Gasteiger partial charge in [0.2, 0.25) is 0 Å². The minimum Gasteiger partial charge on any atom is -0.497 e. The molecule has 264 valence electrons. The highest BCUT2D eigenvalue weighted by atomic mass is 16.5. The number of rotatable bonds is 8. The summed E-state index contributed by atoms with van der Waals surface area (Å²) < 4.78 is 18.8. The molecule has 7 aromatic rings. The van der Waals surface area contributed by atoms with Crippen molar-refractivity contribution in [3.8, 4) is 34.5 Å². The van der Waals surface area contributed by atoms with E-state index >= 15 is 0 Å². The number of imidazole rings is 1. The van der Waals surface area contributed by atoms with Crippen LogP contribution in [0.2, 0.25) is 0 Å². The molecule has 53 heavy (non-hydrogen) atoms. The quantitative estimate of drug-likeness (QED) is 0.150. The number of nitriles is 1. The molecule has 0 saturated heterocycles. The summed E-state index contributed by atoms with van der Waals surface area (Å²) in [6, 6.07) is 33.6. The van der Waals surface area contributed by atoms with Crippen molar-refractivity contribution in [1.29, 1.82) is 5.26 Å². The van der Waals surface area contributed by atoms with Crippen molar-refractivity contribution in [2.45, 2.75) is 44.6 Å². The second-order valence-electron chi connectivity index (χ2n) is 14.1. The van der Waals surface area contributed by atoms with E-state index in [-0.39, 0.29) is 24.0 Å². The standard InChI is InChI=1S/C44H40N6O3/c1-46-28-41(36-13-7-8-14-38(36)46)50-43(40(23-45)49(44(50)51)26-31-16-21-34(52-2)22-42(31)53-3)37-27-48(39-15-9-6-12-35(37)39)33-19-17-32(18-20-33)47-24-29-10-4-5-11-30(29)25-47/h4-17,19,21-22,27-28,32-33H,18,20,24-26H2,1-3H3/t32-,33+/m0/s1. The van der Waals surface area contributed by atoms with E-state index in [4.69, 9.17) is 9.47 Å². The molecule has 0 amide bonds. The lowest BCUT2D eigenvalue weighted by atomic mass is 9.97. The van der Waals surface area contributed by atoms with Gasteiger partial charge in [-0.05, 0) is 48.2 Å². The summed E-state index contributed by atoms with van der Waals surface area (Å²) in [6.45, 7) is 2.11. The van der Waals surface area contributed by atoms with Gasteiger partial charge in [-0.2, -0.15) is 5.26 Å². The second kappa shape index (κ2) is 13.1. The van der Waals surface area contributed by atoms with Gasteiger partial charge in [-0.3, -0.25) is 14.0 Å². The number of allylic oxidation sites excluding steroid dienone is 1. The van der Waals surface area contributed by atoms with Crippen molar-refractivity contribution in [2.75, 3.05) is 14.2 Å². The number of methoxy groups -OCH3 is 2. The molecule has 0 unspecified atom stereocenters. The maximum Gasteiger partial charge on any atom is 0.334 e. The van der Waals surface area contributed by atoms with Crippen LogP contribution in [0.15, 0.2) is 120 Å². The first-order valence-electron chi connectivity index (χ1n) is 18.1. The Morgan fingerprint density at radius 3 is 2.17 bits per heavy atom. The van der Waals surface area contributed by atoms with Crippen LogP contribution in [0.4, 0.5) is 0 Å². The molecule has 2 atom stereocenters. The minimum atomic E-state index is -0.297. The maximum absolute atomic E-state index is 14.9. The first kappa shape index (κ1) is 32.7. The smallest absolute Gasteiger partial charge is 0.334 e. The molecule has 0 spiro atoms. The van der Waals surface area contributed by atoms with Gasteiger partial charge in [-0.15, -0.1) is 0 Å². The van der Waals surface area contributed by atoms with Crippen molar-refractivity contribution < 1.29 is 9.47 Å². The molecule has 9 nitrogen and oxygen atoms in total. The zero-order chi connectivity index (χ0) is 36.2. The molecule has 4 heterocycles. The third kappa shape index (κ3) is 5.37. The van der Waals surface area contributed by atoms with Crippen LogP contribution in [-0.4, -0.2) is 43.4 Å². The molecule has 0 saturated carbocycles. The van der Waals surface area contributed by atoms with Crippen LogP contribution >= 0.6 is 0 Å². The number of benzene rings is 4. The number of fused-ring (bicyclic) bond motifs is 3. The number of aromatic nitrogens is 4. The monoisotopic (exact) mass is 700 g/mol. The highest BCUT2D eigenvalue weighted by Crippen LogP contribution is 2.40. The van der Waals surface area contributed by atoms with Crippen LogP contribution < -0.4 is 15.2 Å². The van der Waals surface area contributed by atoms with Gasteiger partial charge in [0.1, 0.15) is 23.3 Å². The third-order valence-electron chi connectivity index (χ3n) is 11.2. The zero-order valence-corrected chi connectivity index (χ0v) is 30.1. The molecule has 1 aliphatic carbocycles. The zero-order valence-electron chi connectivity index (χ0n) is 30.1. The van der Waals surface area contributed by atoms with Gasteiger partial charge in [0.25, 0.3) is 0 Å². The van der Waals surface area contributed by atoms with Gasteiger partial charge in [0, 0.05) is 77.6 Å². The lowest BCUT2D eigenvalue weighted by Crippen LogP contribution is -2.31. The van der Waals surface area contributed by atoms with Crippen molar-refractivity contribution in [3.05, 3.63) is 148 Å². The molecule has 0 bridgehead atoms. The van der Waals surface area contributed by atoms with Gasteiger partial charge < -0.3 is 18.6 Å². The fourth-order valence-corrected chi connectivity index (χ4v) is 8.52. The van der Waals surface area contributed by atoms with Gasteiger partial charge in [0.15, 0.2) is 0 Å². The topological polar surface area (TPSA) is 82.3 Å². The van der Waals surface area contributed by atoms with Crippen molar-refractivity contribution >= 4 is 21.8 Å². The van der Waals surface area contributed by atoms with Gasteiger partial charge in [-0.1, -0.05) is 72.8 Å². The van der Waals surface area contributed by atoms with E-state index in [0.717, 1.165) is 64.6 Å². The Morgan fingerprint density at radius 2 is 1.47 bits per heavy atom. The van der Waals surface area contributed by atoms with Crippen molar-refractivity contribution in [3.63, 3.8) is 0 Å². The minimum absolute atomic E-state index is 0.129. The number of hydrogen-bond acceptors (Lipinski definition) is 5. The third-order valence-corrected chi connectivity index (χ3v) is 11.2. The lowest BCUT2D eigenvalue weighted by molar-refractivity contribution is 0.211. The largest absolute Gasteiger partial charge is 0.497 e. The Hall–Kier alpha value is -6.24. The SMILES string of the molecule is COc1ccc(Cn2c(C#N)c(-c3cn([C@@H]4C=C[C@H](N5Cc6ccccc6C5)CC4)c4ccccc34)n(-c3cn(C)c4ccccc34)c2=O)c(OC)c1. The predicted molar refractivity (Wildman–Crippen MR) is 208 cm³/mol. The Kier molecular flexibility index (Phi) is 8.05. The van der Waals surface area contributed by atoms with E-state index in [1.165, 1.54) is 11.1 Å². The van der Waals surface area contributed by atoms with Crippen molar-refractivity contribution in [2.24, 2.45) is 7.05 Å². The van der Waals surface area contributed by atoms with E-state index in [1.807, 2.05) is 60.3 Å². The van der Waals surface area contributed by atoms with E-state index < -0.39 is 0 Å². The number of hydrogen-bond donors (Lipinski definition) is 0. The van der Waals surface area contributed by atoms with Crippen LogP contribution in [-0.2, 0) is 26.7 Å². The van der Waals surface area contributed by atoms with E-state index in [0.29, 0.717) is 23.2 Å². The average Bonchev–Trinajstić information content (AvgIpc) is 3.96. The summed E-state index contributed by atoms with van der Waals surface area (Å²) >= 11 is 0. The molecule has 9 rings (SSSR count). The Labute approximate surface area is 307 Å². The highest BCUT2D eigenvalue weighted by molar-refractivity contribution is 5.98. The highest BCUT2D eigenvalue weighted by Gasteiger charge is 2.31. The molecule has 0 radical (unpaired) electrons. The van der Waals surface area contributed by atoms with Crippen LogP contribution in [0.25, 0.3) is 38.8 Å². The summed E-state index contributed by atoms with van der Waals surface area (Å²) in [7, 11) is 5.18. The molecular formula is C44H40N6O3. The van der Waals surface area contributed by atoms with Crippen LogP contribution in [0.1, 0.15) is 41.3 Å². The van der Waals surface area contributed by atoms with Gasteiger partial charge in [-0.25, -0.2) is 4.79 Å². The van der Waals surface area contributed by atoms with Gasteiger partial charge in [0.05, 0.1) is 38.2 Å². The average molecular weight is 701 g/mol. The van der Waals surface area contributed by atoms with Crippen LogP contribution in [0.5, 0.6) is 11.5 Å². The predicted octanol–water partition coefficient (Wildman–Crippen LogP) is 7.97. The molecular weight excluding hydrogens is 661 g/mol. The summed E-state index contributed by atoms with van der Waals surface area (Å²) in [5, 5.41) is 12.9. The fourth-order valence-electron chi connectivity index (χ4n) is 8.52. The molecule has 4 aromatic carbocycles. The second-order valence-corrected chi connectivity index (χ2v) is 14.1. The first-order chi connectivity index (χ1) is 26.0. The van der Waals surface area contributed by atoms with Crippen LogP contribution in [0.3, 0.4) is 0 Å². The number of ether oxygens (including phenoxy) is 2. The number of nitrogens with zero attached hydrogens (tertiary/aromatic N) is 6. The summed E-state index contributed by atoms with van der Waals surface area (Å²) in [5.41, 5.74) is 7.80. The lowest BCUT2D eigenvalue weighted by Gasteiger charge is -2.31. The molecule has 1 aliphatic heterocycles. The summed E-state index contributed by atoms with van der Waals surface area (Å²) in [6.07, 6.45) is 10.9. The van der Waals surface area contributed by atoms with Crippen molar-refractivity contribution in [1.82, 2.24) is 23.2 Å². The fraction of sp³-hybridized carbons (Fsp3) is 0.227. The Bertz CT molecular complexity index is 2640. The van der Waals surface area contributed by atoms with E-state index in [2.05, 4.69) is 76.3 Å². The van der Waals surface area contributed by atoms with E-state index in [1.54, 1.807) is 29.4 Å². The molecule has 3 aromatic heterocycles.